The summed E-state index contributed by atoms with van der Waals surface area (Å²) in [5, 5.41) is 0. The van der Waals surface area contributed by atoms with Gasteiger partial charge in [0, 0.05) is 16.6 Å². The molecule has 0 saturated heterocycles. The molecule has 0 aliphatic carbocycles. The van der Waals surface area contributed by atoms with Crippen LogP contribution in [0.2, 0.25) is 0 Å². The van der Waals surface area contributed by atoms with Crippen molar-refractivity contribution in [2.75, 3.05) is 12.3 Å². The maximum absolute atomic E-state index is 13.3. The van der Waals surface area contributed by atoms with E-state index in [-0.39, 0.29) is 5.82 Å². The highest BCUT2D eigenvalue weighted by molar-refractivity contribution is 9.10. The van der Waals surface area contributed by atoms with E-state index >= 15 is 0 Å². The van der Waals surface area contributed by atoms with Crippen LogP contribution in [0.3, 0.4) is 0 Å². The Morgan fingerprint density at radius 1 is 1.15 bits per heavy atom. The maximum atomic E-state index is 13.3. The Kier molecular flexibility index (Phi) is 4.84. The lowest BCUT2D eigenvalue weighted by molar-refractivity contribution is 0.317. The van der Waals surface area contributed by atoms with Crippen molar-refractivity contribution >= 4 is 21.6 Å². The monoisotopic (exact) mass is 339 g/mol. The molecule has 0 aliphatic rings. The van der Waals surface area contributed by atoms with Crippen LogP contribution in [-0.2, 0) is 0 Å². The summed E-state index contributed by atoms with van der Waals surface area (Å²) < 4.78 is 25.0. The third-order valence-corrected chi connectivity index (χ3v) is 2.98. The molecule has 0 heterocycles. The molecule has 5 heteroatoms. The molecule has 0 atom stereocenters. The normalized spacial score (nSPS) is 10.3. The van der Waals surface area contributed by atoms with Gasteiger partial charge >= 0.3 is 0 Å². The summed E-state index contributed by atoms with van der Waals surface area (Å²) in [7, 11) is 0. The van der Waals surface area contributed by atoms with Crippen molar-refractivity contribution in [2.45, 2.75) is 13.3 Å². The van der Waals surface area contributed by atoms with E-state index in [1.165, 1.54) is 12.1 Å². The quantitative estimate of drug-likeness (QED) is 0.799. The molecule has 20 heavy (non-hydrogen) atoms. The van der Waals surface area contributed by atoms with Crippen LogP contribution >= 0.6 is 15.9 Å². The molecule has 0 unspecified atom stereocenters. The minimum atomic E-state index is -0.368. The van der Waals surface area contributed by atoms with Gasteiger partial charge in [-0.3, -0.25) is 0 Å². The van der Waals surface area contributed by atoms with E-state index in [1.54, 1.807) is 24.3 Å². The van der Waals surface area contributed by atoms with E-state index in [4.69, 9.17) is 15.2 Å². The zero-order valence-corrected chi connectivity index (χ0v) is 12.6. The highest BCUT2D eigenvalue weighted by Gasteiger charge is 2.06. The molecule has 0 bridgehead atoms. The van der Waals surface area contributed by atoms with Gasteiger partial charge in [-0.25, -0.2) is 4.39 Å². The van der Waals surface area contributed by atoms with Crippen LogP contribution in [0.15, 0.2) is 40.9 Å². The Hall–Kier alpha value is -1.75. The topological polar surface area (TPSA) is 44.5 Å². The number of anilines is 1. The van der Waals surface area contributed by atoms with Crippen LogP contribution in [0.5, 0.6) is 17.2 Å². The number of nitrogen functional groups attached to an aromatic ring is 1. The van der Waals surface area contributed by atoms with Crippen LogP contribution in [0.1, 0.15) is 13.3 Å². The molecule has 0 spiro atoms. The summed E-state index contributed by atoms with van der Waals surface area (Å²) in [6.07, 6.45) is 0.890. The van der Waals surface area contributed by atoms with E-state index in [0.717, 1.165) is 6.42 Å². The molecule has 106 valence electrons. The lowest BCUT2D eigenvalue weighted by atomic mass is 10.2. The zero-order valence-electron chi connectivity index (χ0n) is 11.0. The number of halogens is 2. The van der Waals surface area contributed by atoms with Gasteiger partial charge in [-0.2, -0.15) is 0 Å². The van der Waals surface area contributed by atoms with Crippen molar-refractivity contribution in [1.82, 2.24) is 0 Å². The van der Waals surface area contributed by atoms with Crippen molar-refractivity contribution in [3.05, 3.63) is 46.7 Å². The predicted molar refractivity (Wildman–Crippen MR) is 80.8 cm³/mol. The van der Waals surface area contributed by atoms with Crippen molar-refractivity contribution in [3.63, 3.8) is 0 Å². The van der Waals surface area contributed by atoms with Gasteiger partial charge in [-0.05, 0) is 30.7 Å². The fourth-order valence-electron chi connectivity index (χ4n) is 1.64. The van der Waals surface area contributed by atoms with E-state index in [0.29, 0.717) is 34.0 Å². The molecular weight excluding hydrogens is 325 g/mol. The third-order valence-electron chi connectivity index (χ3n) is 2.52. The summed E-state index contributed by atoms with van der Waals surface area (Å²) in [6.45, 7) is 2.60. The molecule has 2 aromatic carbocycles. The number of rotatable bonds is 5. The predicted octanol–water partition coefficient (Wildman–Crippen LogP) is 4.75. The number of ether oxygens (including phenoxy) is 2. The third kappa shape index (κ3) is 3.87. The second-order valence-electron chi connectivity index (χ2n) is 4.26. The van der Waals surface area contributed by atoms with Crippen molar-refractivity contribution in [3.8, 4) is 17.2 Å². The van der Waals surface area contributed by atoms with Gasteiger partial charge in [0.25, 0.3) is 0 Å². The summed E-state index contributed by atoms with van der Waals surface area (Å²) in [4.78, 5) is 0. The Balaban J connectivity index is 2.20. The molecule has 0 saturated carbocycles. The molecule has 2 N–H and O–H groups in total. The Morgan fingerprint density at radius 3 is 2.65 bits per heavy atom. The van der Waals surface area contributed by atoms with Crippen molar-refractivity contribution in [1.29, 1.82) is 0 Å². The summed E-state index contributed by atoms with van der Waals surface area (Å²) in [6, 6.07) is 9.48. The molecule has 0 fully saturated rings. The highest BCUT2D eigenvalue weighted by atomic mass is 79.9. The molecule has 0 amide bonds. The first-order valence-electron chi connectivity index (χ1n) is 6.24. The molecule has 0 aliphatic heterocycles. The van der Waals surface area contributed by atoms with Gasteiger partial charge in [0.1, 0.15) is 23.1 Å². The Morgan fingerprint density at radius 2 is 1.95 bits per heavy atom. The van der Waals surface area contributed by atoms with Crippen LogP contribution in [-0.4, -0.2) is 6.61 Å². The molecule has 0 radical (unpaired) electrons. The summed E-state index contributed by atoms with van der Waals surface area (Å²) >= 11 is 3.22. The fourth-order valence-corrected chi connectivity index (χ4v) is 2.08. The standard InChI is InChI=1S/C15H15BrFNO2/c1-2-5-19-15-9-12(3-4-14(15)18)20-13-7-10(16)6-11(17)8-13/h3-4,6-9H,2,5,18H2,1H3. The SMILES string of the molecule is CCCOc1cc(Oc2cc(F)cc(Br)c2)ccc1N. The summed E-state index contributed by atoms with van der Waals surface area (Å²) in [5.41, 5.74) is 6.37. The Bertz CT molecular complexity index is 584. The smallest absolute Gasteiger partial charge is 0.145 e. The average Bonchev–Trinajstić information content (AvgIpc) is 2.38. The second kappa shape index (κ2) is 6.61. The van der Waals surface area contributed by atoms with Crippen LogP contribution in [0, 0.1) is 5.82 Å². The average molecular weight is 340 g/mol. The van der Waals surface area contributed by atoms with E-state index < -0.39 is 0 Å². The van der Waals surface area contributed by atoms with Crippen molar-refractivity contribution in [2.24, 2.45) is 0 Å². The van der Waals surface area contributed by atoms with Crippen LogP contribution in [0.25, 0.3) is 0 Å². The second-order valence-corrected chi connectivity index (χ2v) is 5.17. The number of hydrogen-bond donors (Lipinski definition) is 1. The first kappa shape index (κ1) is 14.7. The number of nitrogens with two attached hydrogens (primary N) is 1. The van der Waals surface area contributed by atoms with Crippen LogP contribution in [0.4, 0.5) is 10.1 Å². The first-order valence-corrected chi connectivity index (χ1v) is 7.04. The largest absolute Gasteiger partial charge is 0.491 e. The highest BCUT2D eigenvalue weighted by Crippen LogP contribution is 2.31. The molecule has 2 rings (SSSR count). The van der Waals surface area contributed by atoms with E-state index in [1.807, 2.05) is 6.92 Å². The van der Waals surface area contributed by atoms with Crippen LogP contribution < -0.4 is 15.2 Å². The molecule has 2 aromatic rings. The van der Waals surface area contributed by atoms with E-state index in [2.05, 4.69) is 15.9 Å². The van der Waals surface area contributed by atoms with Crippen molar-refractivity contribution < 1.29 is 13.9 Å². The molecule has 3 nitrogen and oxygen atoms in total. The zero-order chi connectivity index (χ0) is 14.5. The number of benzene rings is 2. The molecular formula is C15H15BrFNO2. The molecule has 0 aromatic heterocycles. The lowest BCUT2D eigenvalue weighted by Gasteiger charge is -2.11. The van der Waals surface area contributed by atoms with Gasteiger partial charge in [-0.15, -0.1) is 0 Å². The fraction of sp³-hybridized carbons (Fsp3) is 0.200. The lowest BCUT2D eigenvalue weighted by Crippen LogP contribution is -1.99. The minimum absolute atomic E-state index is 0.368. The van der Waals surface area contributed by atoms with E-state index in [9.17, 15) is 4.39 Å². The van der Waals surface area contributed by atoms with Gasteiger partial charge in [-0.1, -0.05) is 22.9 Å². The minimum Gasteiger partial charge on any atom is -0.491 e. The van der Waals surface area contributed by atoms with Gasteiger partial charge in [0.2, 0.25) is 0 Å². The summed E-state index contributed by atoms with van der Waals surface area (Å²) in [5.74, 6) is 1.15. The van der Waals surface area contributed by atoms with Gasteiger partial charge < -0.3 is 15.2 Å². The Labute approximate surface area is 125 Å². The van der Waals surface area contributed by atoms with Gasteiger partial charge in [0.15, 0.2) is 0 Å². The number of hydrogen-bond acceptors (Lipinski definition) is 3. The van der Waals surface area contributed by atoms with Gasteiger partial charge in [0.05, 0.1) is 12.3 Å². The first-order chi connectivity index (χ1) is 9.58. The maximum Gasteiger partial charge on any atom is 0.145 e.